The molecule has 1 N–H and O–H groups in total. The molecule has 30 heavy (non-hydrogen) atoms. The minimum Gasteiger partial charge on any atom is -0.464 e. The Hall–Kier alpha value is -2.86. The molecule has 1 aromatic carbocycles. The summed E-state index contributed by atoms with van der Waals surface area (Å²) in [4.78, 5) is 39.4. The number of hydrogen-bond acceptors (Lipinski definition) is 6. The molecule has 2 atom stereocenters. The molecular weight excluding hydrogens is 406 g/mol. The summed E-state index contributed by atoms with van der Waals surface area (Å²) in [6.07, 6.45) is 3.93. The van der Waals surface area contributed by atoms with Crippen LogP contribution in [0.1, 0.15) is 45.1 Å². The fraction of sp³-hybridized carbons (Fsp3) is 0.348. The largest absolute Gasteiger partial charge is 0.464 e. The maximum atomic E-state index is 13.4. The van der Waals surface area contributed by atoms with E-state index < -0.39 is 17.8 Å². The van der Waals surface area contributed by atoms with E-state index >= 15 is 0 Å². The molecule has 1 aliphatic heterocycles. The number of ketones is 1. The highest BCUT2D eigenvalue weighted by molar-refractivity contribution is 6.31. The van der Waals surface area contributed by atoms with Crippen LogP contribution >= 0.6 is 11.6 Å². The van der Waals surface area contributed by atoms with Gasteiger partial charge in [-0.05, 0) is 45.4 Å². The van der Waals surface area contributed by atoms with Gasteiger partial charge in [-0.2, -0.15) is 0 Å². The third kappa shape index (κ3) is 3.45. The highest BCUT2D eigenvalue weighted by Crippen LogP contribution is 2.43. The molecule has 2 aliphatic rings. The second kappa shape index (κ2) is 7.76. The first-order chi connectivity index (χ1) is 14.3. The molecule has 2 heterocycles. The molecule has 1 aliphatic carbocycles. The van der Waals surface area contributed by atoms with Gasteiger partial charge in [0.25, 0.3) is 0 Å². The predicted octanol–water partition coefficient (Wildman–Crippen LogP) is 4.22. The van der Waals surface area contributed by atoms with Crippen LogP contribution in [-0.2, 0) is 14.3 Å². The highest BCUT2D eigenvalue weighted by atomic mass is 35.5. The Kier molecular flexibility index (Phi) is 5.28. The second-order valence-corrected chi connectivity index (χ2v) is 8.33. The van der Waals surface area contributed by atoms with Crippen LogP contribution in [0.3, 0.4) is 0 Å². The van der Waals surface area contributed by atoms with Crippen LogP contribution in [0, 0.1) is 5.92 Å². The molecule has 4 rings (SSSR count). The number of esters is 1. The third-order valence-corrected chi connectivity index (χ3v) is 5.71. The quantitative estimate of drug-likeness (QED) is 0.738. The Morgan fingerprint density at radius 3 is 2.77 bits per heavy atom. The summed E-state index contributed by atoms with van der Waals surface area (Å²) >= 11 is 6.08. The number of rotatable bonds is 3. The van der Waals surface area contributed by atoms with Gasteiger partial charge < -0.3 is 14.5 Å². The summed E-state index contributed by atoms with van der Waals surface area (Å²) in [6.45, 7) is 5.25. The first-order valence-corrected chi connectivity index (χ1v) is 10.3. The Morgan fingerprint density at radius 2 is 2.03 bits per heavy atom. The van der Waals surface area contributed by atoms with Gasteiger partial charge in [0.1, 0.15) is 11.4 Å². The number of Topliss-reactive ketones (excluding diaryl/α,β-unsaturated/α-hetero) is 1. The fourth-order valence-electron chi connectivity index (χ4n) is 4.23. The van der Waals surface area contributed by atoms with Crippen molar-refractivity contribution in [2.75, 3.05) is 0 Å². The number of nitrogens with one attached hydrogen (secondary N) is 1. The monoisotopic (exact) mass is 427 g/mol. The van der Waals surface area contributed by atoms with Crippen molar-refractivity contribution < 1.29 is 18.7 Å². The number of benzene rings is 1. The molecule has 0 radical (unpaired) electrons. The lowest BCUT2D eigenvalue weighted by Gasteiger charge is -2.37. The van der Waals surface area contributed by atoms with Crippen LogP contribution in [0.2, 0.25) is 5.02 Å². The summed E-state index contributed by atoms with van der Waals surface area (Å²) in [6, 6.07) is 4.80. The zero-order valence-corrected chi connectivity index (χ0v) is 17.7. The number of carbonyl (C=O) groups is 2. The van der Waals surface area contributed by atoms with Gasteiger partial charge in [0, 0.05) is 34.3 Å². The minimum absolute atomic E-state index is 0.0297. The van der Waals surface area contributed by atoms with Crippen molar-refractivity contribution >= 4 is 34.3 Å². The summed E-state index contributed by atoms with van der Waals surface area (Å²) in [5, 5.41) is 3.89. The SMILES string of the molecule is CC1=C(C(=O)OC(C)C)C(c2coc3ccc(Cl)cc3c2=O)C2C(=O)CCC=C2N1. The normalized spacial score (nSPS) is 21.4. The van der Waals surface area contributed by atoms with E-state index in [1.54, 1.807) is 32.9 Å². The molecule has 0 saturated heterocycles. The number of carbonyl (C=O) groups excluding carboxylic acids is 2. The van der Waals surface area contributed by atoms with Crippen molar-refractivity contribution in [3.05, 3.63) is 68.3 Å². The number of ether oxygens (including phenoxy) is 1. The first-order valence-electron chi connectivity index (χ1n) is 9.90. The topological polar surface area (TPSA) is 85.6 Å². The van der Waals surface area contributed by atoms with Gasteiger partial charge in [-0.3, -0.25) is 9.59 Å². The second-order valence-electron chi connectivity index (χ2n) is 7.90. The smallest absolute Gasteiger partial charge is 0.336 e. The van der Waals surface area contributed by atoms with Crippen LogP contribution in [0.25, 0.3) is 11.0 Å². The zero-order chi connectivity index (χ0) is 21.6. The predicted molar refractivity (Wildman–Crippen MR) is 113 cm³/mol. The van der Waals surface area contributed by atoms with E-state index in [1.807, 2.05) is 6.08 Å². The molecule has 1 aromatic heterocycles. The molecule has 156 valence electrons. The van der Waals surface area contributed by atoms with Gasteiger partial charge in [0.15, 0.2) is 5.43 Å². The van der Waals surface area contributed by atoms with E-state index in [9.17, 15) is 14.4 Å². The Morgan fingerprint density at radius 1 is 1.27 bits per heavy atom. The molecule has 0 amide bonds. The number of hydrogen-bond donors (Lipinski definition) is 1. The van der Waals surface area contributed by atoms with E-state index in [-0.39, 0.29) is 28.5 Å². The van der Waals surface area contributed by atoms with E-state index in [0.29, 0.717) is 40.2 Å². The molecule has 0 bridgehead atoms. The van der Waals surface area contributed by atoms with Gasteiger partial charge in [-0.15, -0.1) is 0 Å². The molecular formula is C23H22ClNO5. The standard InChI is InChI=1S/C23H22ClNO5/c1-11(2)30-23(28)19-12(3)25-16-5-4-6-17(26)21(16)20(19)15-10-29-18-8-7-13(24)9-14(18)22(15)27/h5,7-11,20-21,25H,4,6H2,1-3H3. The summed E-state index contributed by atoms with van der Waals surface area (Å²) in [7, 11) is 0. The van der Waals surface area contributed by atoms with Gasteiger partial charge in [-0.1, -0.05) is 17.7 Å². The summed E-state index contributed by atoms with van der Waals surface area (Å²) < 4.78 is 11.2. The van der Waals surface area contributed by atoms with Crippen LogP contribution in [-0.4, -0.2) is 17.9 Å². The van der Waals surface area contributed by atoms with Crippen molar-refractivity contribution in [2.45, 2.75) is 45.6 Å². The number of allylic oxidation sites excluding steroid dienone is 3. The van der Waals surface area contributed by atoms with E-state index in [0.717, 1.165) is 0 Å². The van der Waals surface area contributed by atoms with Crippen LogP contribution in [0.15, 0.2) is 56.7 Å². The first kappa shape index (κ1) is 20.4. The molecule has 0 fully saturated rings. The Bertz CT molecular complexity index is 1170. The maximum absolute atomic E-state index is 13.4. The lowest BCUT2D eigenvalue weighted by molar-refractivity contribution is -0.143. The number of fused-ring (bicyclic) bond motifs is 2. The van der Waals surface area contributed by atoms with Crippen molar-refractivity contribution in [3.63, 3.8) is 0 Å². The van der Waals surface area contributed by atoms with Crippen molar-refractivity contribution in [1.82, 2.24) is 5.32 Å². The van der Waals surface area contributed by atoms with E-state index in [2.05, 4.69) is 5.32 Å². The van der Waals surface area contributed by atoms with Gasteiger partial charge in [0.05, 0.1) is 29.2 Å². The van der Waals surface area contributed by atoms with Gasteiger partial charge in [-0.25, -0.2) is 4.79 Å². The minimum atomic E-state index is -0.795. The van der Waals surface area contributed by atoms with E-state index in [1.165, 1.54) is 12.3 Å². The lowest BCUT2D eigenvalue weighted by atomic mass is 9.71. The van der Waals surface area contributed by atoms with Gasteiger partial charge in [0.2, 0.25) is 0 Å². The van der Waals surface area contributed by atoms with Gasteiger partial charge >= 0.3 is 5.97 Å². The van der Waals surface area contributed by atoms with Crippen LogP contribution < -0.4 is 10.7 Å². The fourth-order valence-corrected chi connectivity index (χ4v) is 4.40. The molecule has 7 heteroatoms. The van der Waals surface area contributed by atoms with Crippen molar-refractivity contribution in [1.29, 1.82) is 0 Å². The lowest BCUT2D eigenvalue weighted by Crippen LogP contribution is -2.42. The summed E-state index contributed by atoms with van der Waals surface area (Å²) in [5.74, 6) is -2.05. The molecule has 2 aromatic rings. The average molecular weight is 428 g/mol. The highest BCUT2D eigenvalue weighted by Gasteiger charge is 2.44. The third-order valence-electron chi connectivity index (χ3n) is 5.48. The van der Waals surface area contributed by atoms with Crippen molar-refractivity contribution in [3.8, 4) is 0 Å². The molecule has 6 nitrogen and oxygen atoms in total. The maximum Gasteiger partial charge on any atom is 0.336 e. The summed E-state index contributed by atoms with van der Waals surface area (Å²) in [5.41, 5.74) is 1.86. The average Bonchev–Trinajstić information content (AvgIpc) is 2.67. The van der Waals surface area contributed by atoms with E-state index in [4.69, 9.17) is 20.8 Å². The Balaban J connectivity index is 1.97. The van der Waals surface area contributed by atoms with Crippen molar-refractivity contribution in [2.24, 2.45) is 5.92 Å². The Labute approximate surface area is 178 Å². The molecule has 0 saturated carbocycles. The molecule has 0 spiro atoms. The number of halogens is 1. The molecule has 2 unspecified atom stereocenters. The van der Waals surface area contributed by atoms with Crippen LogP contribution in [0.5, 0.6) is 0 Å². The zero-order valence-electron chi connectivity index (χ0n) is 17.0. The van der Waals surface area contributed by atoms with Crippen LogP contribution in [0.4, 0.5) is 0 Å².